The smallest absolute Gasteiger partial charge is 0.410 e. The molecule has 27 heavy (non-hydrogen) atoms. The van der Waals surface area contributed by atoms with Gasteiger partial charge < -0.3 is 15.0 Å². The molecule has 0 aromatic carbocycles. The summed E-state index contributed by atoms with van der Waals surface area (Å²) in [6.07, 6.45) is 3.52. The van der Waals surface area contributed by atoms with Gasteiger partial charge in [0.15, 0.2) is 0 Å². The number of halogens is 1. The third kappa shape index (κ3) is 9.80. The van der Waals surface area contributed by atoms with E-state index in [4.69, 9.17) is 16.3 Å². The fourth-order valence-electron chi connectivity index (χ4n) is 2.56. The number of likely N-dealkylation sites (tertiary alicyclic amines) is 1. The van der Waals surface area contributed by atoms with Gasteiger partial charge in [0, 0.05) is 31.4 Å². The molecule has 1 amide bonds. The SMILES string of the molecule is CC.CC.Cc1cnc(Cl)nc1NCC1CCCN(C(=O)OC(C)(C)C)C1. The van der Waals surface area contributed by atoms with Crippen LogP contribution >= 0.6 is 11.6 Å². The number of carbonyl (C=O) groups is 1. The second-order valence-corrected chi connectivity index (χ2v) is 7.32. The Balaban J connectivity index is 0.00000158. The maximum atomic E-state index is 12.2. The highest BCUT2D eigenvalue weighted by Gasteiger charge is 2.27. The first kappa shape index (κ1) is 25.4. The van der Waals surface area contributed by atoms with Gasteiger partial charge in [0.05, 0.1) is 0 Å². The first-order valence-corrected chi connectivity index (χ1v) is 10.3. The summed E-state index contributed by atoms with van der Waals surface area (Å²) >= 11 is 5.83. The van der Waals surface area contributed by atoms with Crippen LogP contribution in [0.25, 0.3) is 0 Å². The molecule has 6 nitrogen and oxygen atoms in total. The van der Waals surface area contributed by atoms with Crippen LogP contribution in [0.1, 0.15) is 66.9 Å². The molecule has 2 heterocycles. The zero-order valence-corrected chi connectivity index (χ0v) is 19.0. The summed E-state index contributed by atoms with van der Waals surface area (Å²) in [5, 5.41) is 3.55. The van der Waals surface area contributed by atoms with Crippen LogP contribution in [0.5, 0.6) is 0 Å². The molecule has 1 N–H and O–H groups in total. The Morgan fingerprint density at radius 3 is 2.56 bits per heavy atom. The third-order valence-corrected chi connectivity index (χ3v) is 3.85. The maximum absolute atomic E-state index is 12.2. The first-order valence-electron chi connectivity index (χ1n) is 9.95. The minimum atomic E-state index is -0.461. The van der Waals surface area contributed by atoms with Crippen molar-refractivity contribution in [1.29, 1.82) is 0 Å². The van der Waals surface area contributed by atoms with Crippen molar-refractivity contribution in [2.45, 2.75) is 73.8 Å². The summed E-state index contributed by atoms with van der Waals surface area (Å²) in [4.78, 5) is 22.1. The fraction of sp³-hybridized carbons (Fsp3) is 0.750. The van der Waals surface area contributed by atoms with Gasteiger partial charge in [0.1, 0.15) is 11.4 Å². The number of piperidine rings is 1. The van der Waals surface area contributed by atoms with E-state index in [0.29, 0.717) is 12.5 Å². The highest BCUT2D eigenvalue weighted by Crippen LogP contribution is 2.21. The number of hydrogen-bond donors (Lipinski definition) is 1. The number of aromatic nitrogens is 2. The van der Waals surface area contributed by atoms with Crippen LogP contribution < -0.4 is 5.32 Å². The van der Waals surface area contributed by atoms with Crippen molar-refractivity contribution in [3.05, 3.63) is 17.0 Å². The molecule has 156 valence electrons. The van der Waals surface area contributed by atoms with Crippen molar-refractivity contribution < 1.29 is 9.53 Å². The van der Waals surface area contributed by atoms with E-state index in [1.54, 1.807) is 11.1 Å². The molecule has 1 aromatic rings. The lowest BCUT2D eigenvalue weighted by Crippen LogP contribution is -2.44. The minimum absolute atomic E-state index is 0.233. The summed E-state index contributed by atoms with van der Waals surface area (Å²) in [6, 6.07) is 0. The lowest BCUT2D eigenvalue weighted by atomic mass is 9.98. The maximum Gasteiger partial charge on any atom is 0.410 e. The standard InChI is InChI=1S/C16H25ClN4O2.2C2H6/c1-11-8-19-14(17)20-13(11)18-9-12-6-5-7-21(10-12)15(22)23-16(2,3)4;2*1-2/h8,12H,5-7,9-10H2,1-4H3,(H,18,19,20);2*1-2H3. The van der Waals surface area contributed by atoms with Gasteiger partial charge in [0.2, 0.25) is 5.28 Å². The number of rotatable bonds is 3. The van der Waals surface area contributed by atoms with Gasteiger partial charge in [-0.1, -0.05) is 27.7 Å². The number of carbonyl (C=O) groups excluding carboxylic acids is 1. The Bertz CT molecular complexity index is 561. The van der Waals surface area contributed by atoms with E-state index in [2.05, 4.69) is 15.3 Å². The third-order valence-electron chi connectivity index (χ3n) is 3.67. The van der Waals surface area contributed by atoms with Gasteiger partial charge in [-0.05, 0) is 58.1 Å². The summed E-state index contributed by atoms with van der Waals surface area (Å²) in [5.74, 6) is 1.11. The molecule has 0 aliphatic carbocycles. The van der Waals surface area contributed by atoms with E-state index in [-0.39, 0.29) is 11.4 Å². The molecule has 0 bridgehead atoms. The van der Waals surface area contributed by atoms with E-state index in [1.165, 1.54) is 0 Å². The van der Waals surface area contributed by atoms with Gasteiger partial charge in [-0.2, -0.15) is 0 Å². The van der Waals surface area contributed by atoms with Crippen LogP contribution in [0.2, 0.25) is 5.28 Å². The molecule has 1 aliphatic heterocycles. The number of aryl methyl sites for hydroxylation is 1. The predicted molar refractivity (Wildman–Crippen MR) is 113 cm³/mol. The van der Waals surface area contributed by atoms with Crippen molar-refractivity contribution in [3.8, 4) is 0 Å². The van der Waals surface area contributed by atoms with Crippen LogP contribution in [-0.2, 0) is 4.74 Å². The van der Waals surface area contributed by atoms with Crippen molar-refractivity contribution in [1.82, 2.24) is 14.9 Å². The Labute approximate surface area is 170 Å². The van der Waals surface area contributed by atoms with Crippen molar-refractivity contribution in [2.75, 3.05) is 25.0 Å². The number of anilines is 1. The average molecular weight is 401 g/mol. The summed E-state index contributed by atoms with van der Waals surface area (Å²) < 4.78 is 5.45. The zero-order valence-electron chi connectivity index (χ0n) is 18.2. The van der Waals surface area contributed by atoms with E-state index < -0.39 is 5.60 Å². The molecule has 1 aliphatic rings. The number of nitrogens with zero attached hydrogens (tertiary/aromatic N) is 3. The average Bonchev–Trinajstić information content (AvgIpc) is 2.64. The van der Waals surface area contributed by atoms with E-state index in [0.717, 1.165) is 37.3 Å². The van der Waals surface area contributed by atoms with E-state index in [9.17, 15) is 4.79 Å². The first-order chi connectivity index (χ1) is 12.7. The van der Waals surface area contributed by atoms with Gasteiger partial charge in [-0.3, -0.25) is 0 Å². The van der Waals surface area contributed by atoms with Gasteiger partial charge in [-0.15, -0.1) is 0 Å². The van der Waals surface area contributed by atoms with E-state index in [1.807, 2.05) is 55.4 Å². The van der Waals surface area contributed by atoms with Crippen molar-refractivity contribution >= 4 is 23.5 Å². The molecule has 0 saturated carbocycles. The number of ether oxygens (including phenoxy) is 1. The Morgan fingerprint density at radius 2 is 1.96 bits per heavy atom. The van der Waals surface area contributed by atoms with Crippen LogP contribution in [-0.4, -0.2) is 46.2 Å². The molecular weight excluding hydrogens is 364 g/mol. The number of amides is 1. The second-order valence-electron chi connectivity index (χ2n) is 6.99. The van der Waals surface area contributed by atoms with Crippen LogP contribution in [0.3, 0.4) is 0 Å². The van der Waals surface area contributed by atoms with Gasteiger partial charge >= 0.3 is 6.09 Å². The molecule has 1 fully saturated rings. The summed E-state index contributed by atoms with van der Waals surface area (Å²) in [5.41, 5.74) is 0.492. The second kappa shape index (κ2) is 12.8. The zero-order chi connectivity index (χ0) is 21.0. The molecule has 1 atom stereocenters. The fourth-order valence-corrected chi connectivity index (χ4v) is 2.70. The molecule has 1 unspecified atom stereocenters. The Kier molecular flexibility index (Phi) is 12.0. The number of nitrogens with one attached hydrogen (secondary N) is 1. The predicted octanol–water partition coefficient (Wildman–Crippen LogP) is 5.55. The molecular formula is C20H37ClN4O2. The Morgan fingerprint density at radius 1 is 1.33 bits per heavy atom. The van der Waals surface area contributed by atoms with Crippen LogP contribution in [0, 0.1) is 12.8 Å². The lowest BCUT2D eigenvalue weighted by Gasteiger charge is -2.34. The monoisotopic (exact) mass is 400 g/mol. The van der Waals surface area contributed by atoms with E-state index >= 15 is 0 Å². The molecule has 0 radical (unpaired) electrons. The topological polar surface area (TPSA) is 67.4 Å². The summed E-state index contributed by atoms with van der Waals surface area (Å²) in [7, 11) is 0. The lowest BCUT2D eigenvalue weighted by molar-refractivity contribution is 0.0172. The van der Waals surface area contributed by atoms with Gasteiger partial charge in [0.25, 0.3) is 0 Å². The largest absolute Gasteiger partial charge is 0.444 e. The van der Waals surface area contributed by atoms with Crippen molar-refractivity contribution in [2.24, 2.45) is 5.92 Å². The minimum Gasteiger partial charge on any atom is -0.444 e. The highest BCUT2D eigenvalue weighted by molar-refractivity contribution is 6.28. The van der Waals surface area contributed by atoms with Crippen molar-refractivity contribution in [3.63, 3.8) is 0 Å². The normalized spacial score (nSPS) is 16.3. The molecule has 7 heteroatoms. The molecule has 0 spiro atoms. The Hall–Kier alpha value is -1.56. The summed E-state index contributed by atoms with van der Waals surface area (Å²) in [6.45, 7) is 17.8. The number of hydrogen-bond acceptors (Lipinski definition) is 5. The quantitative estimate of drug-likeness (QED) is 0.673. The van der Waals surface area contributed by atoms with Gasteiger partial charge in [-0.25, -0.2) is 14.8 Å². The molecule has 2 rings (SSSR count). The van der Waals surface area contributed by atoms with Crippen LogP contribution in [0.4, 0.5) is 10.6 Å². The van der Waals surface area contributed by atoms with Crippen LogP contribution in [0.15, 0.2) is 6.20 Å². The molecule has 1 aromatic heterocycles. The highest BCUT2D eigenvalue weighted by atomic mass is 35.5. The molecule has 1 saturated heterocycles.